The first-order valence-electron chi connectivity index (χ1n) is 8.64. The van der Waals surface area contributed by atoms with Gasteiger partial charge in [-0.05, 0) is 48.6 Å². The predicted molar refractivity (Wildman–Crippen MR) is 101 cm³/mol. The lowest BCUT2D eigenvalue weighted by Gasteiger charge is -2.35. The highest BCUT2D eigenvalue weighted by molar-refractivity contribution is 7.10. The molecule has 0 saturated carbocycles. The third kappa shape index (κ3) is 3.68. The molecule has 0 bridgehead atoms. The van der Waals surface area contributed by atoms with Crippen LogP contribution in [0.5, 0.6) is 5.75 Å². The quantitative estimate of drug-likeness (QED) is 0.777. The lowest BCUT2D eigenvalue weighted by Crippen LogP contribution is -2.48. The molecule has 1 aromatic carbocycles. The van der Waals surface area contributed by atoms with Crippen molar-refractivity contribution in [1.29, 1.82) is 0 Å². The van der Waals surface area contributed by atoms with Gasteiger partial charge >= 0.3 is 0 Å². The number of hydrogen-bond donors (Lipinski definition) is 1. The van der Waals surface area contributed by atoms with E-state index in [1.165, 1.54) is 10.4 Å². The summed E-state index contributed by atoms with van der Waals surface area (Å²) in [5.41, 5.74) is 2.25. The predicted octanol–water partition coefficient (Wildman–Crippen LogP) is 3.62. The SMILES string of the molecule is Cc1ccsc1CN1CC[C@@H](Oc2ccc3cccnc3c2)[C@H](O)C1. The molecule has 1 fully saturated rings. The van der Waals surface area contributed by atoms with E-state index in [0.717, 1.165) is 36.2 Å². The van der Waals surface area contributed by atoms with Gasteiger partial charge in [-0.1, -0.05) is 6.07 Å². The van der Waals surface area contributed by atoms with Gasteiger partial charge in [-0.15, -0.1) is 11.3 Å². The lowest BCUT2D eigenvalue weighted by molar-refractivity contribution is -0.0272. The maximum atomic E-state index is 10.5. The Kier molecular flexibility index (Phi) is 4.70. The number of benzene rings is 1. The second-order valence-electron chi connectivity index (χ2n) is 6.63. The molecule has 1 aliphatic rings. The van der Waals surface area contributed by atoms with Gasteiger partial charge in [0.2, 0.25) is 0 Å². The van der Waals surface area contributed by atoms with E-state index >= 15 is 0 Å². The van der Waals surface area contributed by atoms with E-state index in [2.05, 4.69) is 28.3 Å². The summed E-state index contributed by atoms with van der Waals surface area (Å²) < 4.78 is 6.07. The summed E-state index contributed by atoms with van der Waals surface area (Å²) in [6, 6.07) is 12.0. The Morgan fingerprint density at radius 3 is 3.04 bits per heavy atom. The van der Waals surface area contributed by atoms with Gasteiger partial charge in [0.05, 0.1) is 5.52 Å². The van der Waals surface area contributed by atoms with E-state index < -0.39 is 6.10 Å². The van der Waals surface area contributed by atoms with Crippen molar-refractivity contribution in [1.82, 2.24) is 9.88 Å². The van der Waals surface area contributed by atoms with E-state index in [1.807, 2.05) is 30.3 Å². The van der Waals surface area contributed by atoms with Gasteiger partial charge in [0, 0.05) is 42.2 Å². The first kappa shape index (κ1) is 16.5. The number of ether oxygens (including phenoxy) is 1. The molecular formula is C20H22N2O2S. The van der Waals surface area contributed by atoms with Crippen LogP contribution in [-0.2, 0) is 6.54 Å². The molecule has 5 heteroatoms. The van der Waals surface area contributed by atoms with E-state index in [1.54, 1.807) is 17.5 Å². The largest absolute Gasteiger partial charge is 0.488 e. The standard InChI is InChI=1S/C20H22N2O2S/c1-14-7-10-25-20(14)13-22-9-6-19(18(23)12-22)24-16-5-4-15-3-2-8-21-17(15)11-16/h2-5,7-8,10-11,18-19,23H,6,9,12-13H2,1H3/t18-,19-/m1/s1. The number of aromatic nitrogens is 1. The van der Waals surface area contributed by atoms with E-state index in [0.29, 0.717) is 6.54 Å². The third-order valence-corrected chi connectivity index (χ3v) is 5.81. The van der Waals surface area contributed by atoms with Crippen molar-refractivity contribution in [3.05, 3.63) is 58.4 Å². The molecule has 1 N–H and O–H groups in total. The average molecular weight is 354 g/mol. The molecule has 4 nitrogen and oxygen atoms in total. The molecule has 130 valence electrons. The Hall–Kier alpha value is -1.95. The van der Waals surface area contributed by atoms with Crippen molar-refractivity contribution in [3.63, 3.8) is 0 Å². The third-order valence-electron chi connectivity index (χ3n) is 4.80. The number of piperidine rings is 1. The number of likely N-dealkylation sites (tertiary alicyclic amines) is 1. The summed E-state index contributed by atoms with van der Waals surface area (Å²) in [6.07, 6.45) is 1.97. The number of aliphatic hydroxyl groups excluding tert-OH is 1. The van der Waals surface area contributed by atoms with Crippen LogP contribution >= 0.6 is 11.3 Å². The van der Waals surface area contributed by atoms with Crippen LogP contribution in [0.3, 0.4) is 0 Å². The van der Waals surface area contributed by atoms with E-state index in [9.17, 15) is 5.11 Å². The number of pyridine rings is 1. The van der Waals surface area contributed by atoms with Crippen molar-refractivity contribution in [2.75, 3.05) is 13.1 Å². The summed E-state index contributed by atoms with van der Waals surface area (Å²) in [5.74, 6) is 0.776. The fourth-order valence-corrected chi connectivity index (χ4v) is 4.27. The smallest absolute Gasteiger partial charge is 0.127 e. The first-order chi connectivity index (χ1) is 12.2. The summed E-state index contributed by atoms with van der Waals surface area (Å²) in [4.78, 5) is 8.06. The molecule has 0 unspecified atom stereocenters. The molecule has 1 saturated heterocycles. The molecule has 0 radical (unpaired) electrons. The zero-order valence-electron chi connectivity index (χ0n) is 14.3. The molecule has 4 rings (SSSR count). The van der Waals surface area contributed by atoms with Gasteiger partial charge in [-0.2, -0.15) is 0 Å². The topological polar surface area (TPSA) is 45.6 Å². The van der Waals surface area contributed by atoms with Crippen LogP contribution in [0.2, 0.25) is 0 Å². The Balaban J connectivity index is 1.39. The van der Waals surface area contributed by atoms with Crippen LogP contribution in [0.4, 0.5) is 0 Å². The molecule has 0 spiro atoms. The van der Waals surface area contributed by atoms with Gasteiger partial charge in [-0.25, -0.2) is 0 Å². The van der Waals surface area contributed by atoms with Crippen molar-refractivity contribution < 1.29 is 9.84 Å². The van der Waals surface area contributed by atoms with Crippen molar-refractivity contribution in [3.8, 4) is 5.75 Å². The molecule has 2 atom stereocenters. The fourth-order valence-electron chi connectivity index (χ4n) is 3.32. The van der Waals surface area contributed by atoms with E-state index in [4.69, 9.17) is 4.74 Å². The Bertz CT molecular complexity index is 864. The average Bonchev–Trinajstić information content (AvgIpc) is 3.02. The molecule has 25 heavy (non-hydrogen) atoms. The van der Waals surface area contributed by atoms with Crippen LogP contribution in [0, 0.1) is 6.92 Å². The highest BCUT2D eigenvalue weighted by Gasteiger charge is 2.29. The minimum Gasteiger partial charge on any atom is -0.488 e. The zero-order chi connectivity index (χ0) is 17.2. The summed E-state index contributed by atoms with van der Waals surface area (Å²) >= 11 is 1.79. The minimum absolute atomic E-state index is 0.165. The van der Waals surface area contributed by atoms with Gasteiger partial charge in [0.25, 0.3) is 0 Å². The number of hydrogen-bond acceptors (Lipinski definition) is 5. The highest BCUT2D eigenvalue weighted by atomic mass is 32.1. The number of nitrogens with zero attached hydrogens (tertiary/aromatic N) is 2. The Labute approximate surface area is 151 Å². The van der Waals surface area contributed by atoms with Crippen LogP contribution in [0.1, 0.15) is 16.9 Å². The van der Waals surface area contributed by atoms with Crippen LogP contribution in [-0.4, -0.2) is 40.3 Å². The van der Waals surface area contributed by atoms with Crippen LogP contribution in [0.15, 0.2) is 48.0 Å². The Morgan fingerprint density at radius 2 is 2.24 bits per heavy atom. The highest BCUT2D eigenvalue weighted by Crippen LogP contribution is 2.25. The summed E-state index contributed by atoms with van der Waals surface area (Å²) in [7, 11) is 0. The van der Waals surface area contributed by atoms with Gasteiger partial charge in [0.1, 0.15) is 18.0 Å². The molecule has 1 aliphatic heterocycles. The van der Waals surface area contributed by atoms with Crippen molar-refractivity contribution in [2.45, 2.75) is 32.1 Å². The van der Waals surface area contributed by atoms with Crippen LogP contribution < -0.4 is 4.74 Å². The molecule has 0 aliphatic carbocycles. The van der Waals surface area contributed by atoms with Gasteiger partial charge < -0.3 is 9.84 Å². The van der Waals surface area contributed by atoms with E-state index in [-0.39, 0.29) is 6.10 Å². The van der Waals surface area contributed by atoms with Gasteiger partial charge in [-0.3, -0.25) is 9.88 Å². The molecule has 3 aromatic rings. The van der Waals surface area contributed by atoms with Crippen molar-refractivity contribution >= 4 is 22.2 Å². The normalized spacial score (nSPS) is 21.5. The number of rotatable bonds is 4. The maximum Gasteiger partial charge on any atom is 0.127 e. The maximum absolute atomic E-state index is 10.5. The number of aryl methyl sites for hydroxylation is 1. The molecule has 3 heterocycles. The molecular weight excluding hydrogens is 332 g/mol. The molecule has 0 amide bonds. The Morgan fingerprint density at radius 1 is 1.32 bits per heavy atom. The fraction of sp³-hybridized carbons (Fsp3) is 0.350. The molecule has 2 aromatic heterocycles. The first-order valence-corrected chi connectivity index (χ1v) is 9.52. The second kappa shape index (κ2) is 7.12. The lowest BCUT2D eigenvalue weighted by atomic mass is 10.0. The monoisotopic (exact) mass is 354 g/mol. The number of thiophene rings is 1. The summed E-state index contributed by atoms with van der Waals surface area (Å²) in [6.45, 7) is 4.64. The number of β-amino-alcohol motifs (C(OH)–C–C–N with tert-alkyl or cyclic N) is 1. The second-order valence-corrected chi connectivity index (χ2v) is 7.63. The number of aliphatic hydroxyl groups is 1. The zero-order valence-corrected chi connectivity index (χ0v) is 15.1. The van der Waals surface area contributed by atoms with Crippen molar-refractivity contribution in [2.24, 2.45) is 0 Å². The van der Waals surface area contributed by atoms with Crippen LogP contribution in [0.25, 0.3) is 10.9 Å². The summed E-state index contributed by atoms with van der Waals surface area (Å²) in [5, 5.41) is 13.8. The number of fused-ring (bicyclic) bond motifs is 1. The minimum atomic E-state index is -0.478. The van der Waals surface area contributed by atoms with Gasteiger partial charge in [0.15, 0.2) is 0 Å².